The molecule has 24 heavy (non-hydrogen) atoms. The standard InChI is InChI=1S/C15H24N4O3S.HI/c1-23(20,21)19-13-5-7-14(8-6-13)22-10-9-17-15(16)18-11-12-3-2-4-12;/h5-8,12,19H,2-4,9-11H2,1H3,(H3,16,17,18);1H. The highest BCUT2D eigenvalue weighted by Crippen LogP contribution is 2.26. The summed E-state index contributed by atoms with van der Waals surface area (Å²) in [6.07, 6.45) is 4.92. The van der Waals surface area contributed by atoms with E-state index in [4.69, 9.17) is 10.5 Å². The third kappa shape index (κ3) is 8.04. The first-order valence-electron chi connectivity index (χ1n) is 7.67. The van der Waals surface area contributed by atoms with Gasteiger partial charge in [-0.15, -0.1) is 24.0 Å². The van der Waals surface area contributed by atoms with Crippen LogP contribution in [0, 0.1) is 5.92 Å². The quantitative estimate of drug-likeness (QED) is 0.233. The SMILES string of the molecule is CS(=O)(=O)Nc1ccc(OCCNC(N)=NCC2CCC2)cc1.I. The Balaban J connectivity index is 0.00000288. The van der Waals surface area contributed by atoms with Gasteiger partial charge in [0.05, 0.1) is 12.8 Å². The molecule has 9 heteroatoms. The molecule has 2 rings (SSSR count). The number of hydrogen-bond acceptors (Lipinski definition) is 4. The Kier molecular flexibility index (Phi) is 8.60. The molecule has 136 valence electrons. The van der Waals surface area contributed by atoms with E-state index in [1.807, 2.05) is 0 Å². The van der Waals surface area contributed by atoms with Crippen LogP contribution >= 0.6 is 24.0 Å². The van der Waals surface area contributed by atoms with Crippen LogP contribution in [0.2, 0.25) is 0 Å². The van der Waals surface area contributed by atoms with E-state index >= 15 is 0 Å². The predicted octanol–water partition coefficient (Wildman–Crippen LogP) is 1.76. The first-order chi connectivity index (χ1) is 10.9. The molecule has 1 aliphatic rings. The molecule has 1 aliphatic carbocycles. The number of halogens is 1. The molecule has 7 nitrogen and oxygen atoms in total. The van der Waals surface area contributed by atoms with Gasteiger partial charge in [0.25, 0.3) is 0 Å². The molecule has 1 fully saturated rings. The van der Waals surface area contributed by atoms with E-state index < -0.39 is 10.0 Å². The fourth-order valence-corrected chi connectivity index (χ4v) is 2.70. The lowest BCUT2D eigenvalue weighted by atomic mass is 9.86. The zero-order chi connectivity index (χ0) is 16.7. The summed E-state index contributed by atoms with van der Waals surface area (Å²) >= 11 is 0. The first kappa shape index (κ1) is 20.8. The van der Waals surface area contributed by atoms with Crippen LogP contribution in [0.5, 0.6) is 5.75 Å². The van der Waals surface area contributed by atoms with Crippen molar-refractivity contribution in [3.63, 3.8) is 0 Å². The molecule has 0 aromatic heterocycles. The van der Waals surface area contributed by atoms with Crippen LogP contribution in [0.15, 0.2) is 29.3 Å². The van der Waals surface area contributed by atoms with Crippen molar-refractivity contribution >= 4 is 45.6 Å². The molecule has 0 aliphatic heterocycles. The summed E-state index contributed by atoms with van der Waals surface area (Å²) < 4.78 is 30.2. The first-order valence-corrected chi connectivity index (χ1v) is 9.56. The van der Waals surface area contributed by atoms with Gasteiger partial charge in [0.2, 0.25) is 10.0 Å². The number of ether oxygens (including phenoxy) is 1. The van der Waals surface area contributed by atoms with Crippen molar-refractivity contribution in [2.24, 2.45) is 16.6 Å². The summed E-state index contributed by atoms with van der Waals surface area (Å²) in [6.45, 7) is 1.80. The van der Waals surface area contributed by atoms with Crippen LogP contribution in [-0.4, -0.2) is 40.3 Å². The van der Waals surface area contributed by atoms with E-state index in [-0.39, 0.29) is 24.0 Å². The summed E-state index contributed by atoms with van der Waals surface area (Å²) in [4.78, 5) is 4.30. The van der Waals surface area contributed by atoms with Gasteiger partial charge in [-0.2, -0.15) is 0 Å². The fourth-order valence-electron chi connectivity index (χ4n) is 2.14. The second kappa shape index (κ2) is 9.92. The molecule has 0 spiro atoms. The molecular formula is C15H25IN4O3S. The van der Waals surface area contributed by atoms with E-state index in [0.29, 0.717) is 36.5 Å². The van der Waals surface area contributed by atoms with Crippen molar-refractivity contribution in [3.05, 3.63) is 24.3 Å². The van der Waals surface area contributed by atoms with Crippen molar-refractivity contribution in [3.8, 4) is 5.75 Å². The fraction of sp³-hybridized carbons (Fsp3) is 0.533. The molecule has 0 bridgehead atoms. The van der Waals surface area contributed by atoms with Crippen molar-refractivity contribution < 1.29 is 13.2 Å². The van der Waals surface area contributed by atoms with E-state index in [2.05, 4.69) is 15.0 Å². The summed E-state index contributed by atoms with van der Waals surface area (Å²) in [6, 6.07) is 6.72. The van der Waals surface area contributed by atoms with Crippen molar-refractivity contribution in [2.45, 2.75) is 19.3 Å². The Hall–Kier alpha value is -1.23. The largest absolute Gasteiger partial charge is 0.492 e. The minimum Gasteiger partial charge on any atom is -0.492 e. The molecule has 0 atom stereocenters. The maximum Gasteiger partial charge on any atom is 0.229 e. The van der Waals surface area contributed by atoms with E-state index in [0.717, 1.165) is 12.8 Å². The topological polar surface area (TPSA) is 106 Å². The number of benzene rings is 1. The lowest BCUT2D eigenvalue weighted by Gasteiger charge is -2.23. The van der Waals surface area contributed by atoms with Crippen molar-refractivity contribution in [1.29, 1.82) is 0 Å². The number of guanidine groups is 1. The molecule has 0 unspecified atom stereocenters. The van der Waals surface area contributed by atoms with Crippen LogP contribution < -0.4 is 20.5 Å². The number of nitrogens with one attached hydrogen (secondary N) is 2. The molecule has 0 saturated heterocycles. The normalized spacial score (nSPS) is 15.1. The second-order valence-electron chi connectivity index (χ2n) is 5.70. The average Bonchev–Trinajstić information content (AvgIpc) is 2.42. The zero-order valence-corrected chi connectivity index (χ0v) is 16.8. The van der Waals surface area contributed by atoms with Crippen molar-refractivity contribution in [1.82, 2.24) is 5.32 Å². The minimum absolute atomic E-state index is 0. The van der Waals surface area contributed by atoms with Crippen LogP contribution in [0.1, 0.15) is 19.3 Å². The number of rotatable bonds is 8. The van der Waals surface area contributed by atoms with Gasteiger partial charge in [0.15, 0.2) is 5.96 Å². The minimum atomic E-state index is -3.26. The number of anilines is 1. The summed E-state index contributed by atoms with van der Waals surface area (Å²) in [7, 11) is -3.26. The Bertz CT molecular complexity index is 631. The molecule has 1 aromatic rings. The van der Waals surface area contributed by atoms with Gasteiger partial charge in [0, 0.05) is 12.2 Å². The summed E-state index contributed by atoms with van der Waals surface area (Å²) in [5.41, 5.74) is 6.28. The zero-order valence-electron chi connectivity index (χ0n) is 13.7. The van der Waals surface area contributed by atoms with Gasteiger partial charge in [0.1, 0.15) is 12.4 Å². The van der Waals surface area contributed by atoms with Gasteiger partial charge in [-0.1, -0.05) is 6.42 Å². The predicted molar refractivity (Wildman–Crippen MR) is 108 cm³/mol. The highest BCUT2D eigenvalue weighted by atomic mass is 127. The number of hydrogen-bond donors (Lipinski definition) is 3. The van der Waals surface area contributed by atoms with Gasteiger partial charge >= 0.3 is 0 Å². The van der Waals surface area contributed by atoms with Crippen molar-refractivity contribution in [2.75, 3.05) is 30.7 Å². The number of nitrogens with two attached hydrogens (primary N) is 1. The van der Waals surface area contributed by atoms with Gasteiger partial charge in [-0.25, -0.2) is 8.42 Å². The molecule has 0 radical (unpaired) electrons. The third-order valence-electron chi connectivity index (χ3n) is 3.58. The molecule has 0 heterocycles. The second-order valence-corrected chi connectivity index (χ2v) is 7.45. The van der Waals surface area contributed by atoms with Gasteiger partial charge in [-0.3, -0.25) is 9.71 Å². The Morgan fingerprint density at radius 1 is 1.33 bits per heavy atom. The number of nitrogens with zero attached hydrogens (tertiary/aromatic N) is 1. The lowest BCUT2D eigenvalue weighted by Crippen LogP contribution is -2.35. The highest BCUT2D eigenvalue weighted by molar-refractivity contribution is 14.0. The Morgan fingerprint density at radius 3 is 2.54 bits per heavy atom. The van der Waals surface area contributed by atoms with E-state index in [1.54, 1.807) is 24.3 Å². The third-order valence-corrected chi connectivity index (χ3v) is 4.19. The molecule has 1 aromatic carbocycles. The van der Waals surface area contributed by atoms with Crippen LogP contribution in [0.25, 0.3) is 0 Å². The van der Waals surface area contributed by atoms with E-state index in [9.17, 15) is 8.42 Å². The Morgan fingerprint density at radius 2 is 2.00 bits per heavy atom. The van der Waals surface area contributed by atoms with Gasteiger partial charge in [-0.05, 0) is 43.0 Å². The average molecular weight is 468 g/mol. The number of sulfonamides is 1. The highest BCUT2D eigenvalue weighted by Gasteiger charge is 2.16. The summed E-state index contributed by atoms with van der Waals surface area (Å²) in [5, 5.41) is 3.01. The maximum atomic E-state index is 11.1. The molecule has 1 saturated carbocycles. The molecule has 0 amide bonds. The smallest absolute Gasteiger partial charge is 0.229 e. The molecule has 4 N–H and O–H groups in total. The maximum absolute atomic E-state index is 11.1. The van der Waals surface area contributed by atoms with E-state index in [1.165, 1.54) is 19.3 Å². The van der Waals surface area contributed by atoms with Crippen LogP contribution in [0.4, 0.5) is 5.69 Å². The molecular weight excluding hydrogens is 443 g/mol. The monoisotopic (exact) mass is 468 g/mol. The van der Waals surface area contributed by atoms with Gasteiger partial charge < -0.3 is 15.8 Å². The van der Waals surface area contributed by atoms with Crippen LogP contribution in [0.3, 0.4) is 0 Å². The lowest BCUT2D eigenvalue weighted by molar-refractivity contribution is 0.320. The Labute approximate surface area is 160 Å². The van der Waals surface area contributed by atoms with Crippen LogP contribution in [-0.2, 0) is 10.0 Å². The number of aliphatic imine (C=N–C) groups is 1. The summed E-state index contributed by atoms with van der Waals surface area (Å²) in [5.74, 6) is 1.81.